The zero-order valence-electron chi connectivity index (χ0n) is 23.8. The van der Waals surface area contributed by atoms with E-state index in [0.29, 0.717) is 42.3 Å². The van der Waals surface area contributed by atoms with Gasteiger partial charge in [-0.1, -0.05) is 32.0 Å². The van der Waals surface area contributed by atoms with Crippen LogP contribution in [0.5, 0.6) is 17.2 Å². The first kappa shape index (κ1) is 28.9. The highest BCUT2D eigenvalue weighted by Crippen LogP contribution is 2.47. The van der Waals surface area contributed by atoms with Gasteiger partial charge in [0.2, 0.25) is 12.7 Å². The Balaban J connectivity index is 1.49. The number of aliphatic carboxylic acids is 1. The van der Waals surface area contributed by atoms with Crippen molar-refractivity contribution in [2.24, 2.45) is 5.92 Å². The highest BCUT2D eigenvalue weighted by Gasteiger charge is 2.48. The average molecular weight is 575 g/mol. The summed E-state index contributed by atoms with van der Waals surface area (Å²) in [6, 6.07) is 15.3. The zero-order valence-corrected chi connectivity index (χ0v) is 23.8. The van der Waals surface area contributed by atoms with Crippen LogP contribution in [0.4, 0.5) is 5.69 Å². The summed E-state index contributed by atoms with van der Waals surface area (Å²) in [5.74, 6) is -1.75. The van der Waals surface area contributed by atoms with Gasteiger partial charge >= 0.3 is 11.9 Å². The van der Waals surface area contributed by atoms with E-state index < -0.39 is 29.8 Å². The summed E-state index contributed by atoms with van der Waals surface area (Å²) in [4.78, 5) is 40.0. The summed E-state index contributed by atoms with van der Waals surface area (Å²) in [6.45, 7) is 4.18. The maximum Gasteiger partial charge on any atom is 0.335 e. The Morgan fingerprint density at radius 3 is 2.17 bits per heavy atom. The van der Waals surface area contributed by atoms with Crippen LogP contribution < -0.4 is 19.5 Å². The molecule has 220 valence electrons. The van der Waals surface area contributed by atoms with E-state index in [1.54, 1.807) is 37.4 Å². The van der Waals surface area contributed by atoms with Gasteiger partial charge in [0, 0.05) is 24.2 Å². The van der Waals surface area contributed by atoms with Gasteiger partial charge in [-0.25, -0.2) is 4.79 Å². The predicted molar refractivity (Wildman–Crippen MR) is 155 cm³/mol. The number of ether oxygens (including phenoxy) is 3. The smallest absolute Gasteiger partial charge is 0.335 e. The van der Waals surface area contributed by atoms with Crippen molar-refractivity contribution >= 4 is 23.5 Å². The van der Waals surface area contributed by atoms with Gasteiger partial charge in [-0.3, -0.25) is 14.5 Å². The third-order valence-corrected chi connectivity index (χ3v) is 8.09. The molecule has 0 bridgehead atoms. The van der Waals surface area contributed by atoms with E-state index in [1.807, 2.05) is 43.0 Å². The molecule has 3 aromatic carbocycles. The molecular formula is C32H34N2O8. The Morgan fingerprint density at radius 1 is 0.929 bits per heavy atom. The first-order valence-electron chi connectivity index (χ1n) is 13.9. The maximum atomic E-state index is 13.6. The highest BCUT2D eigenvalue weighted by molar-refractivity contribution is 5.96. The van der Waals surface area contributed by atoms with Gasteiger partial charge < -0.3 is 29.7 Å². The maximum absolute atomic E-state index is 13.6. The van der Waals surface area contributed by atoms with Crippen LogP contribution in [0.15, 0.2) is 54.6 Å². The molecule has 0 aliphatic carbocycles. The molecule has 0 unspecified atom stereocenters. The highest BCUT2D eigenvalue weighted by atomic mass is 16.7. The number of aryl methyl sites for hydroxylation is 2. The van der Waals surface area contributed by atoms with Gasteiger partial charge in [0.1, 0.15) is 5.75 Å². The molecule has 0 aromatic heterocycles. The van der Waals surface area contributed by atoms with Gasteiger partial charge in [0.25, 0.3) is 0 Å². The van der Waals surface area contributed by atoms with Gasteiger partial charge in [0.15, 0.2) is 11.5 Å². The molecule has 3 atom stereocenters. The number of aromatic carboxylic acids is 1. The van der Waals surface area contributed by atoms with Crippen LogP contribution in [-0.4, -0.2) is 60.0 Å². The lowest BCUT2D eigenvalue weighted by molar-refractivity contribution is -0.143. The molecule has 10 heteroatoms. The third kappa shape index (κ3) is 5.62. The average Bonchev–Trinajstić information content (AvgIpc) is 3.61. The summed E-state index contributed by atoms with van der Waals surface area (Å²) < 4.78 is 16.3. The molecule has 42 heavy (non-hydrogen) atoms. The number of carboxylic acids is 2. The molecule has 2 heterocycles. The molecule has 1 amide bonds. The zero-order chi connectivity index (χ0) is 30.0. The van der Waals surface area contributed by atoms with Crippen LogP contribution in [0, 0.1) is 5.92 Å². The molecule has 2 aliphatic rings. The van der Waals surface area contributed by atoms with Crippen molar-refractivity contribution in [2.75, 3.05) is 32.3 Å². The lowest BCUT2D eigenvalue weighted by atomic mass is 9.82. The van der Waals surface area contributed by atoms with Gasteiger partial charge in [-0.2, -0.15) is 0 Å². The quantitative estimate of drug-likeness (QED) is 0.314. The number of carboxylic acid groups (broad SMARTS) is 2. The van der Waals surface area contributed by atoms with Crippen LogP contribution in [0.25, 0.3) is 0 Å². The fraction of sp³-hybridized carbons (Fsp3) is 0.344. The van der Waals surface area contributed by atoms with E-state index in [9.17, 15) is 24.6 Å². The molecular weight excluding hydrogens is 540 g/mol. The van der Waals surface area contributed by atoms with Crippen molar-refractivity contribution < 1.29 is 38.8 Å². The van der Waals surface area contributed by atoms with Gasteiger partial charge in [0.05, 0.1) is 25.1 Å². The summed E-state index contributed by atoms with van der Waals surface area (Å²) in [7, 11) is 1.56. The fourth-order valence-electron chi connectivity index (χ4n) is 6.05. The summed E-state index contributed by atoms with van der Waals surface area (Å²) in [5, 5.41) is 23.1. The number of nitrogens with one attached hydrogen (secondary N) is 1. The van der Waals surface area contributed by atoms with E-state index in [2.05, 4.69) is 5.32 Å². The molecule has 0 spiro atoms. The van der Waals surface area contributed by atoms with E-state index in [4.69, 9.17) is 14.2 Å². The minimum atomic E-state index is -1.02. The molecule has 5 rings (SSSR count). The number of benzene rings is 3. The molecule has 10 nitrogen and oxygen atoms in total. The molecule has 3 N–H and O–H groups in total. The number of hydrogen-bond donors (Lipinski definition) is 3. The number of carbonyl (C=O) groups is 3. The summed E-state index contributed by atoms with van der Waals surface area (Å²) >= 11 is 0. The number of rotatable bonds is 10. The Kier molecular flexibility index (Phi) is 8.35. The number of nitrogens with zero attached hydrogens (tertiary/aromatic N) is 1. The Hall–Kier alpha value is -4.57. The van der Waals surface area contributed by atoms with Gasteiger partial charge in [-0.05, 0) is 71.5 Å². The Bertz CT molecular complexity index is 1480. The number of anilines is 1. The van der Waals surface area contributed by atoms with E-state index in [0.717, 1.165) is 22.3 Å². The number of fused-ring (bicyclic) bond motifs is 1. The normalized spacial score (nSPS) is 19.5. The first-order valence-corrected chi connectivity index (χ1v) is 13.9. The van der Waals surface area contributed by atoms with E-state index in [1.165, 1.54) is 0 Å². The van der Waals surface area contributed by atoms with E-state index in [-0.39, 0.29) is 24.8 Å². The van der Waals surface area contributed by atoms with Crippen LogP contribution in [0.3, 0.4) is 0 Å². The number of carbonyl (C=O) groups excluding carboxylic acids is 1. The molecule has 2 aliphatic heterocycles. The Morgan fingerprint density at radius 2 is 1.57 bits per heavy atom. The van der Waals surface area contributed by atoms with Crippen LogP contribution in [0.2, 0.25) is 0 Å². The second kappa shape index (κ2) is 12.1. The van der Waals surface area contributed by atoms with Crippen molar-refractivity contribution in [2.45, 2.75) is 38.6 Å². The molecule has 1 fully saturated rings. The lowest BCUT2D eigenvalue weighted by Gasteiger charge is -2.27. The van der Waals surface area contributed by atoms with Crippen LogP contribution in [-0.2, 0) is 22.4 Å². The third-order valence-electron chi connectivity index (χ3n) is 8.09. The SMILES string of the molecule is CCc1cc(C(=O)O)cc(CC)c1NC(=O)CN1C[C@H](c2ccc3c(c2)OCO3)[C@@H](C(=O)O)[C@@H]1c1ccc(OC)cc1. The number of likely N-dealkylation sites (tertiary alicyclic amines) is 1. The van der Waals surface area contributed by atoms with Crippen molar-refractivity contribution in [3.63, 3.8) is 0 Å². The largest absolute Gasteiger partial charge is 0.497 e. The van der Waals surface area contributed by atoms with Crippen LogP contribution >= 0.6 is 0 Å². The molecule has 3 aromatic rings. The summed E-state index contributed by atoms with van der Waals surface area (Å²) in [6.07, 6.45) is 1.07. The standard InChI is InChI=1S/C32H34N2O8/c1-4-18-12-22(31(36)37)13-19(5-2)29(18)33-27(35)16-34-15-24(21-8-11-25-26(14-21)42-17-41-25)28(32(38)39)30(34)20-6-9-23(40-3)10-7-20/h6-14,24,28,30H,4-5,15-17H2,1-3H3,(H,33,35)(H,36,37)(H,38,39)/t24-,28-,30+/m1/s1. The molecule has 1 saturated heterocycles. The first-order chi connectivity index (χ1) is 20.2. The number of methoxy groups -OCH3 is 1. The van der Waals surface area contributed by atoms with Crippen molar-refractivity contribution in [1.29, 1.82) is 0 Å². The Labute approximate surface area is 243 Å². The van der Waals surface area contributed by atoms with Crippen molar-refractivity contribution in [1.82, 2.24) is 4.90 Å². The number of hydrogen-bond acceptors (Lipinski definition) is 7. The monoisotopic (exact) mass is 574 g/mol. The second-order valence-corrected chi connectivity index (χ2v) is 10.5. The van der Waals surface area contributed by atoms with Crippen molar-refractivity contribution in [3.8, 4) is 17.2 Å². The van der Waals surface area contributed by atoms with E-state index >= 15 is 0 Å². The topological polar surface area (TPSA) is 135 Å². The second-order valence-electron chi connectivity index (χ2n) is 10.5. The molecule has 0 radical (unpaired) electrons. The van der Waals surface area contributed by atoms with Crippen LogP contribution in [0.1, 0.15) is 58.4 Å². The predicted octanol–water partition coefficient (Wildman–Crippen LogP) is 4.73. The minimum absolute atomic E-state index is 0.0610. The molecule has 0 saturated carbocycles. The summed E-state index contributed by atoms with van der Waals surface area (Å²) in [5.41, 5.74) is 3.80. The number of amides is 1. The minimum Gasteiger partial charge on any atom is -0.497 e. The van der Waals surface area contributed by atoms with Crippen molar-refractivity contribution in [3.05, 3.63) is 82.4 Å². The lowest BCUT2D eigenvalue weighted by Crippen LogP contribution is -2.35. The fourth-order valence-corrected chi connectivity index (χ4v) is 6.05. The van der Waals surface area contributed by atoms with Gasteiger partial charge in [-0.15, -0.1) is 0 Å².